The van der Waals surface area contributed by atoms with E-state index in [-0.39, 0.29) is 6.04 Å². The molecule has 0 bridgehead atoms. The smallest absolute Gasteiger partial charge is 0.104 e. The molecule has 100 valence electrons. The molecular weight excluding hydrogens is 248 g/mol. The van der Waals surface area contributed by atoms with Crippen LogP contribution < -0.4 is 5.73 Å². The second-order valence-corrected chi connectivity index (χ2v) is 4.78. The Morgan fingerprint density at radius 3 is 2.40 bits per heavy atom. The number of nitrogens with zero attached hydrogens (tertiary/aromatic N) is 3. The molecule has 1 heterocycles. The van der Waals surface area contributed by atoms with Crippen molar-refractivity contribution in [1.82, 2.24) is 15.0 Å². The molecule has 3 rings (SSSR count). The van der Waals surface area contributed by atoms with Crippen LogP contribution >= 0.6 is 0 Å². The van der Waals surface area contributed by atoms with E-state index in [0.717, 1.165) is 16.9 Å². The maximum absolute atomic E-state index is 6.24. The van der Waals surface area contributed by atoms with Crippen LogP contribution in [0.15, 0.2) is 60.8 Å². The van der Waals surface area contributed by atoms with E-state index in [1.54, 1.807) is 11.0 Å². The molecule has 0 saturated carbocycles. The molecule has 0 fully saturated rings. The molecular formula is C16H16N4. The van der Waals surface area contributed by atoms with Crippen molar-refractivity contribution in [2.45, 2.75) is 13.0 Å². The summed E-state index contributed by atoms with van der Waals surface area (Å²) in [5, 5.41) is 8.74. The number of nitrogens with two attached hydrogens (primary N) is 1. The maximum Gasteiger partial charge on any atom is 0.104 e. The van der Waals surface area contributed by atoms with Crippen LogP contribution in [0.5, 0.6) is 0 Å². The van der Waals surface area contributed by atoms with E-state index >= 15 is 0 Å². The van der Waals surface area contributed by atoms with Gasteiger partial charge < -0.3 is 5.73 Å². The van der Waals surface area contributed by atoms with Gasteiger partial charge in [-0.3, -0.25) is 0 Å². The van der Waals surface area contributed by atoms with Crippen LogP contribution in [0.25, 0.3) is 5.69 Å². The molecule has 1 aromatic heterocycles. The quantitative estimate of drug-likeness (QED) is 0.791. The summed E-state index contributed by atoms with van der Waals surface area (Å²) >= 11 is 0. The Bertz CT molecular complexity index is 686. The molecule has 0 radical (unpaired) electrons. The topological polar surface area (TPSA) is 56.7 Å². The van der Waals surface area contributed by atoms with Crippen LogP contribution in [0.4, 0.5) is 0 Å². The summed E-state index contributed by atoms with van der Waals surface area (Å²) in [4.78, 5) is 1.60. The molecule has 4 nitrogen and oxygen atoms in total. The van der Waals surface area contributed by atoms with Gasteiger partial charge in [-0.1, -0.05) is 48.0 Å². The largest absolute Gasteiger partial charge is 0.319 e. The fourth-order valence-corrected chi connectivity index (χ4v) is 2.05. The first-order chi connectivity index (χ1) is 9.74. The van der Waals surface area contributed by atoms with Crippen LogP contribution in [0.3, 0.4) is 0 Å². The van der Waals surface area contributed by atoms with Crippen molar-refractivity contribution in [1.29, 1.82) is 0 Å². The average Bonchev–Trinajstić information content (AvgIpc) is 2.98. The minimum atomic E-state index is -0.256. The van der Waals surface area contributed by atoms with Gasteiger partial charge in [-0.05, 0) is 24.6 Å². The van der Waals surface area contributed by atoms with Gasteiger partial charge in [0, 0.05) is 0 Å². The molecule has 0 aliphatic rings. The van der Waals surface area contributed by atoms with Crippen molar-refractivity contribution in [3.05, 3.63) is 77.6 Å². The number of rotatable bonds is 3. The molecule has 1 unspecified atom stereocenters. The number of benzene rings is 2. The fraction of sp³-hybridized carbons (Fsp3) is 0.125. The minimum Gasteiger partial charge on any atom is -0.319 e. The summed E-state index contributed by atoms with van der Waals surface area (Å²) in [6.07, 6.45) is 1.72. The molecule has 0 aliphatic carbocycles. The van der Waals surface area contributed by atoms with Crippen molar-refractivity contribution in [3.63, 3.8) is 0 Å². The number of aromatic nitrogens is 3. The molecule has 2 N–H and O–H groups in total. The average molecular weight is 264 g/mol. The van der Waals surface area contributed by atoms with Crippen LogP contribution in [0, 0.1) is 6.92 Å². The van der Waals surface area contributed by atoms with Crippen LogP contribution in [-0.2, 0) is 0 Å². The predicted octanol–water partition coefficient (Wildman–Crippen LogP) is 2.62. The van der Waals surface area contributed by atoms with Gasteiger partial charge in [0.25, 0.3) is 0 Å². The SMILES string of the molecule is Cc1ccc(C(N)c2cnn(-c3ccccc3)n2)cc1. The molecule has 1 atom stereocenters. The molecule has 20 heavy (non-hydrogen) atoms. The second kappa shape index (κ2) is 5.27. The van der Waals surface area contributed by atoms with Crippen molar-refractivity contribution in [2.24, 2.45) is 5.73 Å². The van der Waals surface area contributed by atoms with Gasteiger partial charge in [0.2, 0.25) is 0 Å². The highest BCUT2D eigenvalue weighted by molar-refractivity contribution is 5.31. The van der Waals surface area contributed by atoms with Crippen molar-refractivity contribution in [2.75, 3.05) is 0 Å². The Kier molecular flexibility index (Phi) is 3.31. The molecule has 0 spiro atoms. The molecule has 2 aromatic carbocycles. The van der Waals surface area contributed by atoms with E-state index in [4.69, 9.17) is 5.73 Å². The summed E-state index contributed by atoms with van der Waals surface area (Å²) in [5.74, 6) is 0. The zero-order valence-electron chi connectivity index (χ0n) is 11.3. The Hall–Kier alpha value is -2.46. The number of hydrogen-bond acceptors (Lipinski definition) is 3. The van der Waals surface area contributed by atoms with Gasteiger partial charge >= 0.3 is 0 Å². The van der Waals surface area contributed by atoms with Gasteiger partial charge in [0.05, 0.1) is 17.9 Å². The van der Waals surface area contributed by atoms with Gasteiger partial charge in [-0.25, -0.2) is 0 Å². The fourth-order valence-electron chi connectivity index (χ4n) is 2.05. The van der Waals surface area contributed by atoms with E-state index in [2.05, 4.69) is 29.3 Å². The van der Waals surface area contributed by atoms with E-state index in [0.29, 0.717) is 0 Å². The van der Waals surface area contributed by atoms with Gasteiger partial charge in [0.1, 0.15) is 5.69 Å². The number of aryl methyl sites for hydroxylation is 1. The summed E-state index contributed by atoms with van der Waals surface area (Å²) in [7, 11) is 0. The molecule has 3 aromatic rings. The lowest BCUT2D eigenvalue weighted by Crippen LogP contribution is -2.13. The maximum atomic E-state index is 6.24. The minimum absolute atomic E-state index is 0.256. The Balaban J connectivity index is 1.88. The van der Waals surface area contributed by atoms with Gasteiger partial charge in [-0.2, -0.15) is 15.0 Å². The van der Waals surface area contributed by atoms with Crippen molar-refractivity contribution in [3.8, 4) is 5.69 Å². The number of para-hydroxylation sites is 1. The molecule has 0 saturated heterocycles. The highest BCUT2D eigenvalue weighted by Crippen LogP contribution is 2.18. The normalized spacial score (nSPS) is 12.3. The monoisotopic (exact) mass is 264 g/mol. The first-order valence-corrected chi connectivity index (χ1v) is 6.54. The standard InChI is InChI=1S/C16H16N4/c1-12-7-9-13(10-8-12)16(17)15-11-18-20(19-15)14-5-3-2-4-6-14/h2-11,16H,17H2,1H3. The molecule has 0 amide bonds. The molecule has 4 heteroatoms. The third-order valence-electron chi connectivity index (χ3n) is 3.25. The van der Waals surface area contributed by atoms with Crippen LogP contribution in [0.1, 0.15) is 22.9 Å². The summed E-state index contributed by atoms with van der Waals surface area (Å²) in [6, 6.07) is 17.7. The third-order valence-corrected chi connectivity index (χ3v) is 3.25. The third kappa shape index (κ3) is 2.46. The van der Waals surface area contributed by atoms with Gasteiger partial charge in [-0.15, -0.1) is 0 Å². The number of hydrogen-bond donors (Lipinski definition) is 1. The van der Waals surface area contributed by atoms with E-state index in [1.165, 1.54) is 5.56 Å². The second-order valence-electron chi connectivity index (χ2n) is 4.78. The highest BCUT2D eigenvalue weighted by atomic mass is 15.5. The predicted molar refractivity (Wildman–Crippen MR) is 78.6 cm³/mol. The highest BCUT2D eigenvalue weighted by Gasteiger charge is 2.13. The lowest BCUT2D eigenvalue weighted by molar-refractivity contribution is 0.720. The molecule has 0 aliphatic heterocycles. The Morgan fingerprint density at radius 2 is 1.70 bits per heavy atom. The van der Waals surface area contributed by atoms with E-state index < -0.39 is 0 Å². The Labute approximate surface area is 117 Å². The summed E-state index contributed by atoms with van der Waals surface area (Å²) < 4.78 is 0. The lowest BCUT2D eigenvalue weighted by Gasteiger charge is -2.08. The van der Waals surface area contributed by atoms with Crippen molar-refractivity contribution >= 4 is 0 Å². The van der Waals surface area contributed by atoms with Crippen LogP contribution in [-0.4, -0.2) is 15.0 Å². The zero-order chi connectivity index (χ0) is 13.9. The summed E-state index contributed by atoms with van der Waals surface area (Å²) in [6.45, 7) is 2.06. The van der Waals surface area contributed by atoms with E-state index in [9.17, 15) is 0 Å². The Morgan fingerprint density at radius 1 is 1.00 bits per heavy atom. The van der Waals surface area contributed by atoms with Gasteiger partial charge in [0.15, 0.2) is 0 Å². The first-order valence-electron chi connectivity index (χ1n) is 6.54. The lowest BCUT2D eigenvalue weighted by atomic mass is 10.0. The summed E-state index contributed by atoms with van der Waals surface area (Å²) in [5.41, 5.74) is 10.2. The van der Waals surface area contributed by atoms with E-state index in [1.807, 2.05) is 42.5 Å². The van der Waals surface area contributed by atoms with Crippen molar-refractivity contribution < 1.29 is 0 Å². The first kappa shape index (κ1) is 12.6. The zero-order valence-corrected chi connectivity index (χ0v) is 11.3. The van der Waals surface area contributed by atoms with Crippen LogP contribution in [0.2, 0.25) is 0 Å².